The molecule has 0 radical (unpaired) electrons. The van der Waals surface area contributed by atoms with Crippen molar-refractivity contribution in [2.24, 2.45) is 5.10 Å². The van der Waals surface area contributed by atoms with Crippen LogP contribution in [0.25, 0.3) is 21.3 Å². The number of aromatic amines is 1. The van der Waals surface area contributed by atoms with Crippen LogP contribution in [0.15, 0.2) is 59.7 Å². The first-order chi connectivity index (χ1) is 14.0. The predicted molar refractivity (Wildman–Crippen MR) is 115 cm³/mol. The first kappa shape index (κ1) is 18.8. The van der Waals surface area contributed by atoms with Crippen LogP contribution >= 0.6 is 23.6 Å². The summed E-state index contributed by atoms with van der Waals surface area (Å²) in [6.45, 7) is 1.92. The Kier molecular flexibility index (Phi) is 5.10. The van der Waals surface area contributed by atoms with Gasteiger partial charge < -0.3 is 0 Å². The van der Waals surface area contributed by atoms with Crippen LogP contribution in [0.4, 0.5) is 5.69 Å². The summed E-state index contributed by atoms with van der Waals surface area (Å²) in [5, 5.41) is 23.2. The largest absolute Gasteiger partial charge is 0.269 e. The Bertz CT molecular complexity index is 1260. The van der Waals surface area contributed by atoms with Gasteiger partial charge in [-0.2, -0.15) is 14.9 Å². The molecule has 0 bridgehead atoms. The topological polar surface area (TPSA) is 102 Å². The van der Waals surface area contributed by atoms with Crippen LogP contribution in [0.1, 0.15) is 11.3 Å². The molecule has 0 aliphatic heterocycles. The van der Waals surface area contributed by atoms with Crippen LogP contribution in [0, 0.1) is 21.8 Å². The average Bonchev–Trinajstić information content (AvgIpc) is 3.29. The maximum atomic E-state index is 10.8. The molecule has 4 rings (SSSR count). The van der Waals surface area contributed by atoms with Crippen LogP contribution in [-0.4, -0.2) is 31.0 Å². The smallest absolute Gasteiger partial charge is 0.258 e. The number of nitrogens with one attached hydrogen (secondary N) is 1. The van der Waals surface area contributed by atoms with Crippen LogP contribution in [0.2, 0.25) is 0 Å². The Balaban J connectivity index is 1.69. The Morgan fingerprint density at radius 2 is 1.93 bits per heavy atom. The standard InChI is InChI=1S/C19H14N6O2S2/c1-12-16(29-18(21-12)14-5-3-2-4-6-14)17-22-23-19(28)24(17)20-11-13-7-9-15(10-8-13)25(26)27/h2-11H,1H3,(H,23,28)/b20-11+. The van der Waals surface area contributed by atoms with Gasteiger partial charge in [0.25, 0.3) is 5.69 Å². The molecule has 144 valence electrons. The molecule has 2 heterocycles. The van der Waals surface area contributed by atoms with Crippen LogP contribution in [0.5, 0.6) is 0 Å². The second-order valence-electron chi connectivity index (χ2n) is 6.06. The van der Waals surface area contributed by atoms with Crippen LogP contribution in [0.3, 0.4) is 0 Å². The maximum absolute atomic E-state index is 10.8. The quantitative estimate of drug-likeness (QED) is 0.215. The van der Waals surface area contributed by atoms with E-state index in [1.54, 1.807) is 18.3 Å². The highest BCUT2D eigenvalue weighted by Gasteiger charge is 2.17. The number of nitrogens with zero attached hydrogens (tertiary/aromatic N) is 5. The number of aryl methyl sites for hydroxylation is 1. The minimum absolute atomic E-state index is 0.0245. The second kappa shape index (κ2) is 7.86. The van der Waals surface area contributed by atoms with Gasteiger partial charge in [-0.25, -0.2) is 10.1 Å². The summed E-state index contributed by atoms with van der Waals surface area (Å²) in [6, 6.07) is 16.0. The normalized spacial score (nSPS) is 11.2. The highest BCUT2D eigenvalue weighted by molar-refractivity contribution is 7.71. The number of nitro groups is 1. The third-order valence-electron chi connectivity index (χ3n) is 4.10. The van der Waals surface area contributed by atoms with E-state index in [4.69, 9.17) is 12.2 Å². The van der Waals surface area contributed by atoms with E-state index in [1.807, 2.05) is 37.3 Å². The van der Waals surface area contributed by atoms with Gasteiger partial charge in [0.2, 0.25) is 4.77 Å². The lowest BCUT2D eigenvalue weighted by Gasteiger charge is -1.99. The molecule has 8 nitrogen and oxygen atoms in total. The Labute approximate surface area is 174 Å². The Hall–Kier alpha value is -3.50. The highest BCUT2D eigenvalue weighted by Crippen LogP contribution is 2.34. The summed E-state index contributed by atoms with van der Waals surface area (Å²) in [7, 11) is 0. The molecule has 0 atom stereocenters. The number of nitro benzene ring substituents is 1. The number of rotatable bonds is 5. The molecule has 4 aromatic rings. The number of thiazole rings is 1. The summed E-state index contributed by atoms with van der Waals surface area (Å²) >= 11 is 6.82. The van der Waals surface area contributed by atoms with Gasteiger partial charge in [-0.3, -0.25) is 10.1 Å². The SMILES string of the molecule is Cc1nc(-c2ccccc2)sc1-c1n[nH]c(=S)n1/N=C/c1ccc([N+](=O)[O-])cc1. The van der Waals surface area contributed by atoms with E-state index in [1.165, 1.54) is 28.1 Å². The monoisotopic (exact) mass is 422 g/mol. The van der Waals surface area contributed by atoms with Gasteiger partial charge in [0, 0.05) is 17.7 Å². The van der Waals surface area contributed by atoms with E-state index in [0.29, 0.717) is 16.2 Å². The Morgan fingerprint density at radius 3 is 2.62 bits per heavy atom. The van der Waals surface area contributed by atoms with Gasteiger partial charge in [0.15, 0.2) is 5.82 Å². The zero-order valence-electron chi connectivity index (χ0n) is 15.1. The number of aromatic nitrogens is 4. The van der Waals surface area contributed by atoms with E-state index < -0.39 is 4.92 Å². The van der Waals surface area contributed by atoms with Gasteiger partial charge in [-0.15, -0.1) is 11.3 Å². The van der Waals surface area contributed by atoms with Crippen molar-refractivity contribution >= 4 is 35.5 Å². The third kappa shape index (κ3) is 3.89. The van der Waals surface area contributed by atoms with E-state index >= 15 is 0 Å². The molecule has 29 heavy (non-hydrogen) atoms. The van der Waals surface area contributed by atoms with Crippen LogP contribution < -0.4 is 0 Å². The first-order valence-electron chi connectivity index (χ1n) is 8.52. The molecular formula is C19H14N6O2S2. The van der Waals surface area contributed by atoms with E-state index in [-0.39, 0.29) is 5.69 Å². The lowest BCUT2D eigenvalue weighted by molar-refractivity contribution is -0.384. The summed E-state index contributed by atoms with van der Waals surface area (Å²) in [4.78, 5) is 15.8. The fraction of sp³-hybridized carbons (Fsp3) is 0.0526. The number of hydrogen-bond donors (Lipinski definition) is 1. The molecule has 0 unspecified atom stereocenters. The molecule has 0 saturated heterocycles. The minimum Gasteiger partial charge on any atom is -0.258 e. The molecule has 0 aliphatic rings. The van der Waals surface area contributed by atoms with Crippen molar-refractivity contribution in [3.05, 3.63) is 80.7 Å². The number of hydrogen-bond acceptors (Lipinski definition) is 7. The lowest BCUT2D eigenvalue weighted by atomic mass is 10.2. The molecule has 2 aromatic heterocycles. The predicted octanol–water partition coefficient (Wildman–Crippen LogP) is 4.83. The number of H-pyrrole nitrogens is 1. The summed E-state index contributed by atoms with van der Waals surface area (Å²) in [6.07, 6.45) is 1.58. The van der Waals surface area contributed by atoms with Crippen molar-refractivity contribution in [1.82, 2.24) is 19.9 Å². The van der Waals surface area contributed by atoms with Gasteiger partial charge in [0.05, 0.1) is 21.7 Å². The van der Waals surface area contributed by atoms with Crippen molar-refractivity contribution in [3.63, 3.8) is 0 Å². The minimum atomic E-state index is -0.442. The Morgan fingerprint density at radius 1 is 1.21 bits per heavy atom. The van der Waals surface area contributed by atoms with Crippen molar-refractivity contribution in [1.29, 1.82) is 0 Å². The molecule has 0 aliphatic carbocycles. The number of non-ortho nitro benzene ring substituents is 1. The molecule has 1 N–H and O–H groups in total. The number of benzene rings is 2. The summed E-state index contributed by atoms with van der Waals surface area (Å²) in [5.74, 6) is 0.561. The van der Waals surface area contributed by atoms with Gasteiger partial charge in [-0.1, -0.05) is 30.3 Å². The molecule has 10 heteroatoms. The van der Waals surface area contributed by atoms with Crippen molar-refractivity contribution in [2.75, 3.05) is 0 Å². The zero-order valence-corrected chi connectivity index (χ0v) is 16.8. The fourth-order valence-electron chi connectivity index (χ4n) is 2.66. The molecular weight excluding hydrogens is 408 g/mol. The maximum Gasteiger partial charge on any atom is 0.269 e. The van der Waals surface area contributed by atoms with E-state index in [9.17, 15) is 10.1 Å². The lowest BCUT2D eigenvalue weighted by Crippen LogP contribution is -1.95. The highest BCUT2D eigenvalue weighted by atomic mass is 32.1. The molecule has 2 aromatic carbocycles. The average molecular weight is 422 g/mol. The third-order valence-corrected chi connectivity index (χ3v) is 5.56. The van der Waals surface area contributed by atoms with E-state index in [0.717, 1.165) is 21.1 Å². The van der Waals surface area contributed by atoms with Gasteiger partial charge in [0.1, 0.15) is 5.01 Å². The van der Waals surface area contributed by atoms with Crippen molar-refractivity contribution in [3.8, 4) is 21.3 Å². The summed E-state index contributed by atoms with van der Waals surface area (Å²) < 4.78 is 1.86. The van der Waals surface area contributed by atoms with Gasteiger partial charge >= 0.3 is 0 Å². The molecule has 0 saturated carbocycles. The van der Waals surface area contributed by atoms with E-state index in [2.05, 4.69) is 20.3 Å². The van der Waals surface area contributed by atoms with Crippen molar-refractivity contribution < 1.29 is 4.92 Å². The fourth-order valence-corrected chi connectivity index (χ4v) is 3.89. The first-order valence-corrected chi connectivity index (χ1v) is 9.75. The zero-order chi connectivity index (χ0) is 20.4. The van der Waals surface area contributed by atoms with Crippen molar-refractivity contribution in [2.45, 2.75) is 6.92 Å². The molecule has 0 fully saturated rings. The van der Waals surface area contributed by atoms with Gasteiger partial charge in [-0.05, 0) is 36.8 Å². The molecule has 0 amide bonds. The van der Waals surface area contributed by atoms with Crippen LogP contribution in [-0.2, 0) is 0 Å². The second-order valence-corrected chi connectivity index (χ2v) is 7.44. The summed E-state index contributed by atoms with van der Waals surface area (Å²) in [5.41, 5.74) is 2.59. The molecule has 0 spiro atoms.